The van der Waals surface area contributed by atoms with Crippen LogP contribution in [0.2, 0.25) is 0 Å². The lowest BCUT2D eigenvalue weighted by Crippen LogP contribution is -2.29. The lowest BCUT2D eigenvalue weighted by molar-refractivity contribution is 0.660. The average Bonchev–Trinajstić information content (AvgIpc) is 3.46. The van der Waals surface area contributed by atoms with Crippen molar-refractivity contribution < 1.29 is 0 Å². The molecule has 1 unspecified atom stereocenters. The van der Waals surface area contributed by atoms with E-state index in [1.54, 1.807) is 0 Å². The Morgan fingerprint density at radius 2 is 1.12 bits per heavy atom. The Morgan fingerprint density at radius 1 is 0.500 bits per heavy atom. The van der Waals surface area contributed by atoms with Gasteiger partial charge in [-0.2, -0.15) is 0 Å². The van der Waals surface area contributed by atoms with Crippen LogP contribution in [0, 0.1) is 6.92 Å². The zero-order valence-corrected chi connectivity index (χ0v) is 24.5. The van der Waals surface area contributed by atoms with Crippen LogP contribution < -0.4 is 0 Å². The summed E-state index contributed by atoms with van der Waals surface area (Å²) in [6, 6.07) is 52.3. The molecule has 8 rings (SSSR count). The van der Waals surface area contributed by atoms with Crippen LogP contribution in [0.1, 0.15) is 63.9 Å². The van der Waals surface area contributed by atoms with Crippen molar-refractivity contribution in [3.8, 4) is 22.3 Å². The van der Waals surface area contributed by atoms with E-state index in [1.165, 1.54) is 72.3 Å². The van der Waals surface area contributed by atoms with Crippen LogP contribution in [0.5, 0.6) is 0 Å². The van der Waals surface area contributed by atoms with Crippen LogP contribution in [-0.4, -0.2) is 0 Å². The molecule has 1 atom stereocenters. The van der Waals surface area contributed by atoms with Crippen molar-refractivity contribution in [1.82, 2.24) is 0 Å². The summed E-state index contributed by atoms with van der Waals surface area (Å²) in [7, 11) is 0. The summed E-state index contributed by atoms with van der Waals surface area (Å²) >= 11 is 0. The number of aryl methyl sites for hydroxylation is 1. The van der Waals surface area contributed by atoms with E-state index in [4.69, 9.17) is 0 Å². The highest BCUT2D eigenvalue weighted by atomic mass is 14.5. The molecule has 0 heterocycles. The van der Waals surface area contributed by atoms with Crippen molar-refractivity contribution in [2.24, 2.45) is 0 Å². The van der Waals surface area contributed by atoms with Gasteiger partial charge in [0.2, 0.25) is 0 Å². The lowest BCUT2D eigenvalue weighted by atomic mass is 9.66. The second kappa shape index (κ2) is 9.16. The van der Waals surface area contributed by atoms with Crippen LogP contribution >= 0.6 is 0 Å². The molecule has 0 nitrogen and oxygen atoms in total. The Morgan fingerprint density at radius 3 is 1.95 bits per heavy atom. The molecule has 0 radical (unpaired) electrons. The number of fused-ring (bicyclic) bond motifs is 6. The predicted octanol–water partition coefficient (Wildman–Crippen LogP) is 10.3. The van der Waals surface area contributed by atoms with Gasteiger partial charge in [-0.3, -0.25) is 0 Å². The third kappa shape index (κ3) is 3.36. The molecule has 0 heteroatoms. The Hall–Kier alpha value is -4.68. The lowest BCUT2D eigenvalue weighted by Gasteiger charge is -2.35. The third-order valence-corrected chi connectivity index (χ3v) is 9.92. The number of rotatable bonds is 4. The molecule has 0 amide bonds. The van der Waals surface area contributed by atoms with Gasteiger partial charge in [0.25, 0.3) is 0 Å². The van der Waals surface area contributed by atoms with Crippen LogP contribution in [0.4, 0.5) is 0 Å². The monoisotopic (exact) mass is 538 g/mol. The molecule has 2 aliphatic rings. The molecule has 0 aliphatic heterocycles. The SMILES string of the molecule is Cc1cccc2c1C(c1ccccc1)(c1cccc(Cc3cccc4c3-c3ccccc3C4(C)C)c1)c1ccccc1-2. The molecule has 0 spiro atoms. The van der Waals surface area contributed by atoms with E-state index in [-0.39, 0.29) is 10.8 Å². The summed E-state index contributed by atoms with van der Waals surface area (Å²) in [5.74, 6) is 0. The molecule has 202 valence electrons. The van der Waals surface area contributed by atoms with Crippen LogP contribution in [0.25, 0.3) is 22.3 Å². The van der Waals surface area contributed by atoms with E-state index in [1.807, 2.05) is 0 Å². The zero-order chi connectivity index (χ0) is 28.5. The largest absolute Gasteiger partial charge is 0.0716 e. The quantitative estimate of drug-likeness (QED) is 0.209. The number of hydrogen-bond acceptors (Lipinski definition) is 0. The average molecular weight is 539 g/mol. The van der Waals surface area contributed by atoms with Gasteiger partial charge in [0.1, 0.15) is 0 Å². The van der Waals surface area contributed by atoms with Gasteiger partial charge >= 0.3 is 0 Å². The fourth-order valence-electron chi connectivity index (χ4n) is 8.14. The molecule has 0 aromatic heterocycles. The Labute approximate surface area is 249 Å². The van der Waals surface area contributed by atoms with E-state index in [0.29, 0.717) is 0 Å². The van der Waals surface area contributed by atoms with Crippen molar-refractivity contribution in [2.75, 3.05) is 0 Å². The van der Waals surface area contributed by atoms with Crippen LogP contribution in [-0.2, 0) is 17.3 Å². The van der Waals surface area contributed by atoms with E-state index in [0.717, 1.165) is 6.42 Å². The van der Waals surface area contributed by atoms with Gasteiger partial charge in [-0.15, -0.1) is 0 Å². The summed E-state index contributed by atoms with van der Waals surface area (Å²) < 4.78 is 0. The molecule has 6 aromatic carbocycles. The predicted molar refractivity (Wildman–Crippen MR) is 175 cm³/mol. The zero-order valence-electron chi connectivity index (χ0n) is 24.5. The summed E-state index contributed by atoms with van der Waals surface area (Å²) in [5, 5.41) is 0. The fraction of sp³-hybridized carbons (Fsp3) is 0.143. The van der Waals surface area contributed by atoms with Gasteiger partial charge in [0, 0.05) is 5.41 Å². The number of hydrogen-bond donors (Lipinski definition) is 0. The summed E-state index contributed by atoms with van der Waals surface area (Å²) in [6.07, 6.45) is 0.897. The highest BCUT2D eigenvalue weighted by molar-refractivity contribution is 5.87. The maximum absolute atomic E-state index is 2.48. The fourth-order valence-corrected chi connectivity index (χ4v) is 8.14. The van der Waals surface area contributed by atoms with Gasteiger partial charge in [0.05, 0.1) is 5.41 Å². The first-order chi connectivity index (χ1) is 20.5. The molecular formula is C42H34. The summed E-state index contributed by atoms with van der Waals surface area (Å²) in [4.78, 5) is 0. The van der Waals surface area contributed by atoms with Crippen molar-refractivity contribution in [1.29, 1.82) is 0 Å². The van der Waals surface area contributed by atoms with Crippen molar-refractivity contribution in [2.45, 2.75) is 38.0 Å². The molecular weight excluding hydrogens is 504 g/mol. The van der Waals surface area contributed by atoms with Gasteiger partial charge < -0.3 is 0 Å². The van der Waals surface area contributed by atoms with Gasteiger partial charge in [-0.05, 0) is 85.7 Å². The highest BCUT2D eigenvalue weighted by Crippen LogP contribution is 2.57. The minimum Gasteiger partial charge on any atom is -0.0622 e. The molecule has 0 saturated carbocycles. The Kier molecular flexibility index (Phi) is 5.47. The Bertz CT molecular complexity index is 1990. The van der Waals surface area contributed by atoms with Gasteiger partial charge in [0.15, 0.2) is 0 Å². The van der Waals surface area contributed by atoms with Gasteiger partial charge in [-0.25, -0.2) is 0 Å². The van der Waals surface area contributed by atoms with Crippen molar-refractivity contribution in [3.05, 3.63) is 190 Å². The minimum atomic E-state index is -0.373. The van der Waals surface area contributed by atoms with Crippen molar-refractivity contribution >= 4 is 0 Å². The third-order valence-electron chi connectivity index (χ3n) is 9.92. The summed E-state index contributed by atoms with van der Waals surface area (Å²) in [5.41, 5.74) is 17.5. The first kappa shape index (κ1) is 25.1. The van der Waals surface area contributed by atoms with E-state index < -0.39 is 0 Å². The maximum atomic E-state index is 2.48. The van der Waals surface area contributed by atoms with Crippen molar-refractivity contribution in [3.63, 3.8) is 0 Å². The van der Waals surface area contributed by atoms with Gasteiger partial charge in [-0.1, -0.05) is 153 Å². The standard InChI is InChI=1S/C42H34/c1-28-14-11-22-34-33-20-7-10-24-37(33)42(40(28)34,31-17-5-4-6-18-31)32-19-12-15-29(27-32)26-30-16-13-25-38-39(30)35-21-8-9-23-36(35)41(38,2)3/h4-25,27H,26H2,1-3H3. The second-order valence-corrected chi connectivity index (χ2v) is 12.5. The van der Waals surface area contributed by atoms with E-state index in [2.05, 4.69) is 160 Å². The molecule has 0 saturated heterocycles. The van der Waals surface area contributed by atoms with Crippen LogP contribution in [0.3, 0.4) is 0 Å². The molecule has 42 heavy (non-hydrogen) atoms. The number of benzene rings is 6. The Balaban J connectivity index is 1.34. The normalized spacial score (nSPS) is 17.3. The molecule has 2 aliphatic carbocycles. The smallest absolute Gasteiger partial charge is 0.0622 e. The highest BCUT2D eigenvalue weighted by Gasteiger charge is 2.47. The molecule has 0 fully saturated rings. The molecule has 0 bridgehead atoms. The topological polar surface area (TPSA) is 0 Å². The van der Waals surface area contributed by atoms with E-state index in [9.17, 15) is 0 Å². The molecule has 6 aromatic rings. The van der Waals surface area contributed by atoms with Crippen LogP contribution in [0.15, 0.2) is 140 Å². The summed E-state index contributed by atoms with van der Waals surface area (Å²) in [6.45, 7) is 7.00. The molecule has 0 N–H and O–H groups in total. The van der Waals surface area contributed by atoms with E-state index >= 15 is 0 Å². The minimum absolute atomic E-state index is 0.00987. The first-order valence-electron chi connectivity index (χ1n) is 15.1. The maximum Gasteiger partial charge on any atom is 0.0716 e. The first-order valence-corrected chi connectivity index (χ1v) is 15.1. The second-order valence-electron chi connectivity index (χ2n) is 12.5.